The van der Waals surface area contributed by atoms with Crippen LogP contribution in [0.4, 0.5) is 0 Å². The smallest absolute Gasteiger partial charge is 0.0297 e. The van der Waals surface area contributed by atoms with Gasteiger partial charge in [0, 0.05) is 0 Å². The van der Waals surface area contributed by atoms with E-state index in [1.165, 1.54) is 148 Å². The summed E-state index contributed by atoms with van der Waals surface area (Å²) in [7, 11) is 0. The van der Waals surface area contributed by atoms with Crippen LogP contribution < -0.4 is 0 Å². The lowest BCUT2D eigenvalue weighted by atomic mass is 9.70. The van der Waals surface area contributed by atoms with E-state index < -0.39 is 0 Å². The van der Waals surface area contributed by atoms with Gasteiger partial charge in [-0.3, -0.25) is 0 Å². The highest BCUT2D eigenvalue weighted by atomic mass is 14.3. The van der Waals surface area contributed by atoms with Gasteiger partial charge in [-0.05, 0) is 31.1 Å². The monoisotopic (exact) mass is 394 g/mol. The fraction of sp³-hybridized carbons (Fsp3) is 1.00. The quantitative estimate of drug-likeness (QED) is 0.151. The van der Waals surface area contributed by atoms with Crippen molar-refractivity contribution in [1.29, 1.82) is 0 Å². The molecule has 0 aliphatic heterocycles. The topological polar surface area (TPSA) is 0 Å². The molecule has 0 aromatic rings. The summed E-state index contributed by atoms with van der Waals surface area (Å²) in [5, 5.41) is 0. The van der Waals surface area contributed by atoms with Crippen molar-refractivity contribution in [3.05, 3.63) is 0 Å². The Kier molecular flexibility index (Phi) is 21.7. The molecule has 0 nitrogen and oxygen atoms in total. The van der Waals surface area contributed by atoms with Gasteiger partial charge in [-0.25, -0.2) is 0 Å². The molecule has 0 rings (SSSR count). The van der Waals surface area contributed by atoms with Gasteiger partial charge in [0.25, 0.3) is 0 Å². The Balaban J connectivity index is 4.58. The number of rotatable bonds is 23. The lowest BCUT2D eigenvalue weighted by Gasteiger charge is -2.35. The molecule has 0 saturated carbocycles. The fourth-order valence-corrected chi connectivity index (χ4v) is 4.99. The van der Waals surface area contributed by atoms with Gasteiger partial charge in [0.2, 0.25) is 0 Å². The molecule has 0 atom stereocenters. The highest BCUT2D eigenvalue weighted by Crippen LogP contribution is 2.42. The van der Waals surface area contributed by atoms with Crippen molar-refractivity contribution in [3.8, 4) is 0 Å². The third-order valence-electron chi connectivity index (χ3n) is 6.99. The van der Waals surface area contributed by atoms with Crippen molar-refractivity contribution in [2.45, 2.75) is 175 Å². The lowest BCUT2D eigenvalue weighted by Crippen LogP contribution is -2.21. The minimum absolute atomic E-state index is 0.693. The first-order valence-corrected chi connectivity index (χ1v) is 13.7. The Hall–Kier alpha value is 0. The zero-order valence-electron chi connectivity index (χ0n) is 20.8. The zero-order valence-corrected chi connectivity index (χ0v) is 20.8. The van der Waals surface area contributed by atoms with Crippen LogP contribution in [0.3, 0.4) is 0 Å². The molecule has 0 heteroatoms. The largest absolute Gasteiger partial charge is 0.0654 e. The van der Waals surface area contributed by atoms with Gasteiger partial charge in [-0.1, -0.05) is 150 Å². The molecule has 0 spiro atoms. The van der Waals surface area contributed by atoms with Gasteiger partial charge in [0.15, 0.2) is 0 Å². The maximum absolute atomic E-state index is 2.35. The van der Waals surface area contributed by atoms with Gasteiger partial charge in [0.1, 0.15) is 0 Å². The summed E-state index contributed by atoms with van der Waals surface area (Å²) in [6, 6.07) is 0. The third kappa shape index (κ3) is 16.9. The van der Waals surface area contributed by atoms with Gasteiger partial charge in [0.05, 0.1) is 0 Å². The number of hydrogen-bond donors (Lipinski definition) is 0. The number of hydrogen-bond acceptors (Lipinski definition) is 0. The second-order valence-corrected chi connectivity index (χ2v) is 9.80. The standard InChI is InChI=1S/C28H58/c1-5-9-13-17-18-19-23-27-28(24-20-14-10-6-2,25-21-15-11-7-3)26-22-16-12-8-4/h5-27H2,1-4H3. The molecule has 28 heavy (non-hydrogen) atoms. The van der Waals surface area contributed by atoms with Crippen LogP contribution in [-0.4, -0.2) is 0 Å². The second-order valence-electron chi connectivity index (χ2n) is 9.80. The molecule has 170 valence electrons. The van der Waals surface area contributed by atoms with Crippen molar-refractivity contribution in [3.63, 3.8) is 0 Å². The lowest BCUT2D eigenvalue weighted by molar-refractivity contribution is 0.172. The molecule has 0 aliphatic rings. The van der Waals surface area contributed by atoms with E-state index in [2.05, 4.69) is 27.7 Å². The first kappa shape index (κ1) is 28.0. The highest BCUT2D eigenvalue weighted by Gasteiger charge is 2.28. The molecule has 0 aromatic carbocycles. The molecule has 0 radical (unpaired) electrons. The van der Waals surface area contributed by atoms with Crippen LogP contribution in [0, 0.1) is 5.41 Å². The van der Waals surface area contributed by atoms with Crippen molar-refractivity contribution >= 4 is 0 Å². The molecule has 0 N–H and O–H groups in total. The molecule has 0 bridgehead atoms. The highest BCUT2D eigenvalue weighted by molar-refractivity contribution is 4.80. The maximum atomic E-state index is 2.35. The Labute approximate surface area is 181 Å². The fourth-order valence-electron chi connectivity index (χ4n) is 4.99. The van der Waals surface area contributed by atoms with E-state index in [1.807, 2.05) is 0 Å². The summed E-state index contributed by atoms with van der Waals surface area (Å²) in [5.41, 5.74) is 0.693. The summed E-state index contributed by atoms with van der Waals surface area (Å²) < 4.78 is 0. The Morgan fingerprint density at radius 1 is 0.286 bits per heavy atom. The van der Waals surface area contributed by atoms with Crippen LogP contribution in [-0.2, 0) is 0 Å². The van der Waals surface area contributed by atoms with Gasteiger partial charge in [-0.15, -0.1) is 0 Å². The Bertz CT molecular complexity index is 248. The summed E-state index contributed by atoms with van der Waals surface area (Å²) in [5.74, 6) is 0. The Morgan fingerprint density at radius 2 is 0.500 bits per heavy atom. The van der Waals surface area contributed by atoms with Gasteiger partial charge in [-0.2, -0.15) is 0 Å². The molecule has 0 heterocycles. The maximum Gasteiger partial charge on any atom is -0.0297 e. The molecule has 0 saturated heterocycles. The van der Waals surface area contributed by atoms with Crippen molar-refractivity contribution < 1.29 is 0 Å². The van der Waals surface area contributed by atoms with Crippen LogP contribution in [0.15, 0.2) is 0 Å². The predicted octanol–water partition coefficient (Wildman–Crippen LogP) is 11.0. The van der Waals surface area contributed by atoms with Gasteiger partial charge >= 0.3 is 0 Å². The summed E-state index contributed by atoms with van der Waals surface area (Å²) in [6.45, 7) is 9.37. The van der Waals surface area contributed by atoms with Crippen LogP contribution in [0.25, 0.3) is 0 Å². The minimum atomic E-state index is 0.693. The first-order chi connectivity index (χ1) is 13.7. The molecule has 0 unspecified atom stereocenters. The third-order valence-corrected chi connectivity index (χ3v) is 6.99. The summed E-state index contributed by atoms with van der Waals surface area (Å²) in [6.07, 6.45) is 33.7. The van der Waals surface area contributed by atoms with Crippen molar-refractivity contribution in [1.82, 2.24) is 0 Å². The second kappa shape index (κ2) is 21.7. The van der Waals surface area contributed by atoms with Crippen LogP contribution in [0.2, 0.25) is 0 Å². The molecule has 0 aromatic heterocycles. The average Bonchev–Trinajstić information content (AvgIpc) is 2.71. The zero-order chi connectivity index (χ0) is 20.8. The van der Waals surface area contributed by atoms with Crippen molar-refractivity contribution in [2.75, 3.05) is 0 Å². The predicted molar refractivity (Wildman–Crippen MR) is 131 cm³/mol. The van der Waals surface area contributed by atoms with E-state index in [0.717, 1.165) is 0 Å². The van der Waals surface area contributed by atoms with Crippen LogP contribution in [0.5, 0.6) is 0 Å². The van der Waals surface area contributed by atoms with E-state index in [1.54, 1.807) is 0 Å². The normalized spacial score (nSPS) is 12.0. The Morgan fingerprint density at radius 3 is 0.786 bits per heavy atom. The number of unbranched alkanes of at least 4 members (excludes halogenated alkanes) is 15. The molecule has 0 aliphatic carbocycles. The van der Waals surface area contributed by atoms with E-state index in [9.17, 15) is 0 Å². The molecular formula is C28H58. The van der Waals surface area contributed by atoms with E-state index in [4.69, 9.17) is 0 Å². The van der Waals surface area contributed by atoms with E-state index in [-0.39, 0.29) is 0 Å². The first-order valence-electron chi connectivity index (χ1n) is 13.7. The molecule has 0 amide bonds. The van der Waals surface area contributed by atoms with Crippen LogP contribution >= 0.6 is 0 Å². The molecular weight excluding hydrogens is 336 g/mol. The SMILES string of the molecule is CCCCCCCCCC(CCCCCC)(CCCCCC)CCCCCC. The average molecular weight is 395 g/mol. The summed E-state index contributed by atoms with van der Waals surface area (Å²) >= 11 is 0. The summed E-state index contributed by atoms with van der Waals surface area (Å²) in [4.78, 5) is 0. The minimum Gasteiger partial charge on any atom is -0.0654 e. The van der Waals surface area contributed by atoms with E-state index in [0.29, 0.717) is 5.41 Å². The van der Waals surface area contributed by atoms with Gasteiger partial charge < -0.3 is 0 Å². The van der Waals surface area contributed by atoms with Crippen LogP contribution in [0.1, 0.15) is 175 Å². The molecule has 0 fully saturated rings. The van der Waals surface area contributed by atoms with Crippen molar-refractivity contribution in [2.24, 2.45) is 5.41 Å². The van der Waals surface area contributed by atoms with E-state index >= 15 is 0 Å².